The Morgan fingerprint density at radius 3 is 2.84 bits per heavy atom. The number of ether oxygens (including phenoxy) is 2. The molecule has 1 aliphatic heterocycles. The van der Waals surface area contributed by atoms with Gasteiger partial charge in [0.2, 0.25) is 12.7 Å². The largest absolute Gasteiger partial charge is 0.454 e. The van der Waals surface area contributed by atoms with Crippen LogP contribution in [0.25, 0.3) is 0 Å². The number of rotatable bonds is 7. The number of aryl methyl sites for hydroxylation is 1. The lowest BCUT2D eigenvalue weighted by Gasteiger charge is -2.09. The first-order valence-corrected chi connectivity index (χ1v) is 10.6. The third-order valence-corrected chi connectivity index (χ3v) is 5.71. The Labute approximate surface area is 182 Å². The summed E-state index contributed by atoms with van der Waals surface area (Å²) in [5.74, 6) is 1.07. The maximum Gasteiger partial charge on any atom is 0.255 e. The molecule has 2 N–H and O–H groups in total. The highest BCUT2D eigenvalue weighted by molar-refractivity contribution is 7.98. The Morgan fingerprint density at radius 1 is 1.23 bits per heavy atom. The molecule has 1 aliphatic rings. The minimum atomic E-state index is -0.373. The number of nitrogens with one attached hydrogen (secondary N) is 2. The fourth-order valence-corrected chi connectivity index (χ4v) is 3.99. The van der Waals surface area contributed by atoms with Crippen LogP contribution >= 0.6 is 11.8 Å². The van der Waals surface area contributed by atoms with E-state index in [1.807, 2.05) is 12.1 Å². The van der Waals surface area contributed by atoms with Gasteiger partial charge in [-0.25, -0.2) is 9.37 Å². The van der Waals surface area contributed by atoms with Crippen LogP contribution < -0.4 is 20.3 Å². The van der Waals surface area contributed by atoms with Crippen molar-refractivity contribution in [3.63, 3.8) is 0 Å². The van der Waals surface area contributed by atoms with Crippen molar-refractivity contribution in [2.45, 2.75) is 30.8 Å². The van der Waals surface area contributed by atoms with Gasteiger partial charge in [0.25, 0.3) is 5.56 Å². The molecule has 0 aliphatic carbocycles. The number of benzene rings is 2. The molecule has 1 aromatic heterocycles. The summed E-state index contributed by atoms with van der Waals surface area (Å²) in [5, 5.41) is 3.18. The zero-order valence-corrected chi connectivity index (χ0v) is 17.6. The first-order chi connectivity index (χ1) is 15.0. The van der Waals surface area contributed by atoms with Crippen molar-refractivity contribution in [2.24, 2.45) is 0 Å². The van der Waals surface area contributed by atoms with Crippen molar-refractivity contribution in [3.8, 4) is 11.5 Å². The molecule has 0 radical (unpaired) electrons. The molecule has 4 rings (SSSR count). The topological polar surface area (TPSA) is 93.3 Å². The van der Waals surface area contributed by atoms with Gasteiger partial charge in [0, 0.05) is 23.6 Å². The number of hydrogen-bond acceptors (Lipinski definition) is 6. The van der Waals surface area contributed by atoms with Crippen molar-refractivity contribution < 1.29 is 18.7 Å². The van der Waals surface area contributed by atoms with Crippen LogP contribution in [0.5, 0.6) is 11.5 Å². The molecular formula is C22H20FN3O4S. The van der Waals surface area contributed by atoms with E-state index in [0.717, 1.165) is 5.56 Å². The lowest BCUT2D eigenvalue weighted by molar-refractivity contribution is -0.120. The average molecular weight is 441 g/mol. The summed E-state index contributed by atoms with van der Waals surface area (Å²) in [6, 6.07) is 11.9. The number of fused-ring (bicyclic) bond motifs is 1. The lowest BCUT2D eigenvalue weighted by Crippen LogP contribution is -2.28. The second kappa shape index (κ2) is 9.22. The normalized spacial score (nSPS) is 12.1. The Bertz CT molecular complexity index is 1180. The molecule has 160 valence electrons. The molecule has 3 aromatic rings. The number of halogens is 1. The van der Waals surface area contributed by atoms with Gasteiger partial charge < -0.3 is 19.8 Å². The van der Waals surface area contributed by atoms with Crippen LogP contribution in [0, 0.1) is 12.7 Å². The highest BCUT2D eigenvalue weighted by Crippen LogP contribution is 2.32. The molecule has 0 saturated heterocycles. The van der Waals surface area contributed by atoms with Crippen molar-refractivity contribution in [3.05, 3.63) is 81.0 Å². The van der Waals surface area contributed by atoms with Gasteiger partial charge in [0.1, 0.15) is 5.82 Å². The number of carbonyl (C=O) groups excluding carboxylic acids is 1. The fraction of sp³-hybridized carbons (Fsp3) is 0.227. The second-order valence-corrected chi connectivity index (χ2v) is 7.92. The van der Waals surface area contributed by atoms with Gasteiger partial charge in [-0.2, -0.15) is 0 Å². The third-order valence-electron chi connectivity index (χ3n) is 4.79. The first-order valence-electron chi connectivity index (χ1n) is 9.61. The van der Waals surface area contributed by atoms with Gasteiger partial charge in [-0.1, -0.05) is 36.0 Å². The van der Waals surface area contributed by atoms with Gasteiger partial charge in [0.15, 0.2) is 16.7 Å². The number of amides is 1. The average Bonchev–Trinajstić information content (AvgIpc) is 3.22. The van der Waals surface area contributed by atoms with E-state index >= 15 is 0 Å². The van der Waals surface area contributed by atoms with Crippen LogP contribution in [0.15, 0.2) is 52.4 Å². The molecule has 0 atom stereocenters. The highest BCUT2D eigenvalue weighted by Gasteiger charge is 2.15. The predicted molar refractivity (Wildman–Crippen MR) is 114 cm³/mol. The van der Waals surface area contributed by atoms with E-state index in [1.165, 1.54) is 17.8 Å². The number of nitrogens with zero attached hydrogens (tertiary/aromatic N) is 1. The molecule has 0 saturated carbocycles. The van der Waals surface area contributed by atoms with Crippen LogP contribution in [0.3, 0.4) is 0 Å². The summed E-state index contributed by atoms with van der Waals surface area (Å²) < 4.78 is 24.4. The molecule has 9 heteroatoms. The number of hydrogen-bond donors (Lipinski definition) is 2. The molecule has 2 aromatic carbocycles. The number of thioether (sulfide) groups is 1. The van der Waals surface area contributed by atoms with Crippen LogP contribution in [0.1, 0.15) is 22.4 Å². The maximum absolute atomic E-state index is 13.8. The Kier molecular flexibility index (Phi) is 6.22. The molecule has 0 fully saturated rings. The minimum Gasteiger partial charge on any atom is -0.454 e. The summed E-state index contributed by atoms with van der Waals surface area (Å²) in [4.78, 5) is 31.9. The van der Waals surface area contributed by atoms with Crippen molar-refractivity contribution in [1.29, 1.82) is 0 Å². The van der Waals surface area contributed by atoms with Gasteiger partial charge in [-0.15, -0.1) is 0 Å². The number of aromatic amines is 1. The Balaban J connectivity index is 1.36. The van der Waals surface area contributed by atoms with E-state index in [-0.39, 0.29) is 30.5 Å². The van der Waals surface area contributed by atoms with Crippen molar-refractivity contribution in [1.82, 2.24) is 15.3 Å². The SMILES string of the molecule is Cc1nc(SCc2ccccc2F)[nH]c(=O)c1CC(=O)NCc1ccc2c(c1)OCO2. The predicted octanol–water partition coefficient (Wildman–Crippen LogP) is 3.10. The molecule has 0 spiro atoms. The van der Waals surface area contributed by atoms with Gasteiger partial charge in [-0.3, -0.25) is 9.59 Å². The van der Waals surface area contributed by atoms with E-state index in [4.69, 9.17) is 9.47 Å². The summed E-state index contributed by atoms with van der Waals surface area (Å²) in [7, 11) is 0. The third kappa shape index (κ3) is 5.05. The monoisotopic (exact) mass is 441 g/mol. The summed E-state index contributed by atoms with van der Waals surface area (Å²) in [6.07, 6.45) is -0.0863. The number of aromatic nitrogens is 2. The molecule has 1 amide bonds. The van der Waals surface area contributed by atoms with E-state index < -0.39 is 0 Å². The lowest BCUT2D eigenvalue weighted by atomic mass is 10.1. The smallest absolute Gasteiger partial charge is 0.255 e. The van der Waals surface area contributed by atoms with Crippen LogP contribution in [-0.2, 0) is 23.5 Å². The minimum absolute atomic E-state index is 0.0863. The summed E-state index contributed by atoms with van der Waals surface area (Å²) in [6.45, 7) is 2.17. The number of carbonyl (C=O) groups is 1. The van der Waals surface area contributed by atoms with Crippen LogP contribution in [0.4, 0.5) is 4.39 Å². The van der Waals surface area contributed by atoms with E-state index in [1.54, 1.807) is 31.2 Å². The zero-order chi connectivity index (χ0) is 21.8. The summed E-state index contributed by atoms with van der Waals surface area (Å²) >= 11 is 1.23. The van der Waals surface area contributed by atoms with Crippen molar-refractivity contribution in [2.75, 3.05) is 6.79 Å². The van der Waals surface area contributed by atoms with E-state index in [2.05, 4.69) is 15.3 Å². The van der Waals surface area contributed by atoms with E-state index in [9.17, 15) is 14.0 Å². The van der Waals surface area contributed by atoms with Crippen molar-refractivity contribution >= 4 is 17.7 Å². The number of H-pyrrole nitrogens is 1. The molecule has 0 bridgehead atoms. The zero-order valence-electron chi connectivity index (χ0n) is 16.7. The molecule has 31 heavy (non-hydrogen) atoms. The van der Waals surface area contributed by atoms with Crippen LogP contribution in [0.2, 0.25) is 0 Å². The molecule has 2 heterocycles. The Hall–Kier alpha value is -3.33. The highest BCUT2D eigenvalue weighted by atomic mass is 32.2. The van der Waals surface area contributed by atoms with Gasteiger partial charge in [0.05, 0.1) is 6.42 Å². The standard InChI is InChI=1S/C22H20FN3O4S/c1-13-16(9-20(27)24-10-14-6-7-18-19(8-14)30-12-29-18)21(28)26-22(25-13)31-11-15-4-2-3-5-17(15)23/h2-8H,9-12H2,1H3,(H,24,27)(H,25,26,28). The quantitative estimate of drug-likeness (QED) is 0.432. The van der Waals surface area contributed by atoms with Gasteiger partial charge in [-0.05, 0) is 36.2 Å². The Morgan fingerprint density at radius 2 is 2.03 bits per heavy atom. The molecular weight excluding hydrogens is 421 g/mol. The molecule has 7 nitrogen and oxygen atoms in total. The van der Waals surface area contributed by atoms with Gasteiger partial charge >= 0.3 is 0 Å². The van der Waals surface area contributed by atoms with E-state index in [0.29, 0.717) is 45.8 Å². The second-order valence-electron chi connectivity index (χ2n) is 6.96. The fourth-order valence-electron chi connectivity index (χ4n) is 3.10. The van der Waals surface area contributed by atoms with Crippen LogP contribution in [-0.4, -0.2) is 22.7 Å². The summed E-state index contributed by atoms with van der Waals surface area (Å²) in [5.41, 5.74) is 1.79. The first kappa shape index (κ1) is 20.9. The molecule has 0 unspecified atom stereocenters. The maximum atomic E-state index is 13.8.